The van der Waals surface area contributed by atoms with Crippen LogP contribution in [0.2, 0.25) is 0 Å². The molecule has 0 aliphatic carbocycles. The maximum Gasteiger partial charge on any atom is 0.328 e. The lowest BCUT2D eigenvalue weighted by atomic mass is 10.1. The lowest BCUT2D eigenvalue weighted by Gasteiger charge is -2.24. The molecule has 0 saturated carbocycles. The highest BCUT2D eigenvalue weighted by atomic mass is 32.2. The van der Waals surface area contributed by atoms with E-state index in [1.165, 1.54) is 13.4 Å². The Labute approximate surface area is 152 Å². The molecule has 0 radical (unpaired) electrons. The molecule has 136 valence electrons. The number of aromatic nitrogens is 2. The van der Waals surface area contributed by atoms with Gasteiger partial charge in [0.1, 0.15) is 0 Å². The maximum atomic E-state index is 13.4. The van der Waals surface area contributed by atoms with Crippen LogP contribution in [0.25, 0.3) is 11.0 Å². The molecule has 7 heteroatoms. The number of imidazole rings is 1. The third-order valence-corrected chi connectivity index (χ3v) is 6.96. The van der Waals surface area contributed by atoms with Crippen molar-refractivity contribution in [2.75, 3.05) is 10.8 Å². The molecule has 26 heavy (non-hydrogen) atoms. The van der Waals surface area contributed by atoms with E-state index in [9.17, 15) is 13.2 Å². The molecular weight excluding hydrogens is 350 g/mol. The molecule has 2 heterocycles. The second kappa shape index (κ2) is 6.02. The SMILES string of the molecule is Cn1c(=O)n(C)c2cc(S(=O)(=O)N3CCCCc4ccccc43)ccc21. The van der Waals surface area contributed by atoms with Gasteiger partial charge in [-0.3, -0.25) is 13.4 Å². The van der Waals surface area contributed by atoms with Gasteiger partial charge in [-0.15, -0.1) is 0 Å². The number of fused-ring (bicyclic) bond motifs is 2. The van der Waals surface area contributed by atoms with E-state index < -0.39 is 10.0 Å². The number of hydrogen-bond donors (Lipinski definition) is 0. The number of anilines is 1. The molecule has 0 spiro atoms. The van der Waals surface area contributed by atoms with Gasteiger partial charge in [0, 0.05) is 20.6 Å². The smallest absolute Gasteiger partial charge is 0.295 e. The topological polar surface area (TPSA) is 64.3 Å². The summed E-state index contributed by atoms with van der Waals surface area (Å²) in [5.74, 6) is 0. The fraction of sp³-hybridized carbons (Fsp3) is 0.316. The van der Waals surface area contributed by atoms with E-state index >= 15 is 0 Å². The van der Waals surface area contributed by atoms with Crippen LogP contribution in [0.15, 0.2) is 52.2 Å². The highest BCUT2D eigenvalue weighted by Crippen LogP contribution is 2.31. The van der Waals surface area contributed by atoms with Crippen LogP contribution in [-0.2, 0) is 30.5 Å². The molecule has 2 aromatic carbocycles. The molecule has 1 aromatic heterocycles. The lowest BCUT2D eigenvalue weighted by Crippen LogP contribution is -2.31. The van der Waals surface area contributed by atoms with Gasteiger partial charge in [-0.05, 0) is 49.1 Å². The van der Waals surface area contributed by atoms with Gasteiger partial charge in [-0.2, -0.15) is 0 Å². The zero-order valence-electron chi connectivity index (χ0n) is 14.8. The summed E-state index contributed by atoms with van der Waals surface area (Å²) in [4.78, 5) is 12.3. The average molecular weight is 371 g/mol. The zero-order valence-corrected chi connectivity index (χ0v) is 15.7. The van der Waals surface area contributed by atoms with E-state index in [-0.39, 0.29) is 10.6 Å². The minimum atomic E-state index is -3.70. The van der Waals surface area contributed by atoms with Gasteiger partial charge in [0.05, 0.1) is 21.6 Å². The van der Waals surface area contributed by atoms with Crippen LogP contribution in [0.1, 0.15) is 18.4 Å². The van der Waals surface area contributed by atoms with Crippen LogP contribution in [0.3, 0.4) is 0 Å². The Hall–Kier alpha value is -2.54. The van der Waals surface area contributed by atoms with E-state index in [4.69, 9.17) is 0 Å². The number of benzene rings is 2. The van der Waals surface area contributed by atoms with Crippen molar-refractivity contribution in [3.63, 3.8) is 0 Å². The van der Waals surface area contributed by atoms with E-state index in [0.29, 0.717) is 17.6 Å². The number of aryl methyl sites for hydroxylation is 3. The normalized spacial score (nSPS) is 15.1. The molecule has 3 aromatic rings. The largest absolute Gasteiger partial charge is 0.328 e. The first kappa shape index (κ1) is 16.9. The summed E-state index contributed by atoms with van der Waals surface area (Å²) in [5, 5.41) is 0. The minimum Gasteiger partial charge on any atom is -0.295 e. The van der Waals surface area contributed by atoms with Gasteiger partial charge in [0.15, 0.2) is 0 Å². The number of nitrogens with zero attached hydrogens (tertiary/aromatic N) is 3. The summed E-state index contributed by atoms with van der Waals surface area (Å²) in [6.07, 6.45) is 2.67. The maximum absolute atomic E-state index is 13.4. The molecule has 0 atom stereocenters. The van der Waals surface area contributed by atoms with Crippen LogP contribution in [-0.4, -0.2) is 24.1 Å². The van der Waals surface area contributed by atoms with Crippen molar-refractivity contribution in [2.45, 2.75) is 24.2 Å². The lowest BCUT2D eigenvalue weighted by molar-refractivity contribution is 0.589. The second-order valence-corrected chi connectivity index (χ2v) is 8.58. The highest BCUT2D eigenvalue weighted by Gasteiger charge is 2.28. The Morgan fingerprint density at radius 2 is 1.65 bits per heavy atom. The van der Waals surface area contributed by atoms with E-state index in [1.807, 2.05) is 24.3 Å². The first-order chi connectivity index (χ1) is 12.4. The van der Waals surface area contributed by atoms with Gasteiger partial charge in [-0.1, -0.05) is 18.2 Å². The third kappa shape index (κ3) is 2.46. The second-order valence-electron chi connectivity index (χ2n) is 6.71. The number of rotatable bonds is 2. The third-order valence-electron chi connectivity index (χ3n) is 5.15. The minimum absolute atomic E-state index is 0.172. The predicted molar refractivity (Wildman–Crippen MR) is 102 cm³/mol. The van der Waals surface area contributed by atoms with Crippen molar-refractivity contribution in [1.82, 2.24) is 9.13 Å². The van der Waals surface area contributed by atoms with Crippen molar-refractivity contribution in [2.24, 2.45) is 14.1 Å². The molecule has 1 aliphatic heterocycles. The van der Waals surface area contributed by atoms with Gasteiger partial charge in [0.25, 0.3) is 10.0 Å². The summed E-state index contributed by atoms with van der Waals surface area (Å²) in [6.45, 7) is 0.463. The molecule has 6 nitrogen and oxygen atoms in total. The van der Waals surface area contributed by atoms with Crippen LogP contribution < -0.4 is 9.99 Å². The first-order valence-electron chi connectivity index (χ1n) is 8.67. The molecule has 0 bridgehead atoms. The Balaban J connectivity index is 1.88. The summed E-state index contributed by atoms with van der Waals surface area (Å²) in [6, 6.07) is 12.6. The molecule has 0 N–H and O–H groups in total. The molecule has 0 amide bonds. The van der Waals surface area contributed by atoms with Crippen LogP contribution in [0, 0.1) is 0 Å². The number of hydrogen-bond acceptors (Lipinski definition) is 3. The molecule has 4 rings (SSSR count). The summed E-state index contributed by atoms with van der Waals surface area (Å²) in [5.41, 5.74) is 2.97. The summed E-state index contributed by atoms with van der Waals surface area (Å²) >= 11 is 0. The fourth-order valence-electron chi connectivity index (χ4n) is 3.68. The Bertz CT molecular complexity index is 1160. The molecule has 0 unspecified atom stereocenters. The summed E-state index contributed by atoms with van der Waals surface area (Å²) < 4.78 is 31.3. The average Bonchev–Trinajstić information content (AvgIpc) is 2.82. The predicted octanol–water partition coefficient (Wildman–Crippen LogP) is 2.41. The molecule has 0 saturated heterocycles. The van der Waals surface area contributed by atoms with Crippen LogP contribution in [0.5, 0.6) is 0 Å². The van der Waals surface area contributed by atoms with Crippen LogP contribution in [0.4, 0.5) is 5.69 Å². The summed E-state index contributed by atoms with van der Waals surface area (Å²) in [7, 11) is -0.362. The van der Waals surface area contributed by atoms with E-state index in [1.54, 1.807) is 32.3 Å². The van der Waals surface area contributed by atoms with Crippen molar-refractivity contribution in [3.05, 3.63) is 58.5 Å². The Morgan fingerprint density at radius 3 is 2.46 bits per heavy atom. The van der Waals surface area contributed by atoms with Crippen molar-refractivity contribution >= 4 is 26.7 Å². The van der Waals surface area contributed by atoms with E-state index in [2.05, 4.69) is 0 Å². The van der Waals surface area contributed by atoms with Gasteiger partial charge >= 0.3 is 5.69 Å². The quantitative estimate of drug-likeness (QED) is 0.695. The highest BCUT2D eigenvalue weighted by molar-refractivity contribution is 7.92. The van der Waals surface area contributed by atoms with Gasteiger partial charge in [0.2, 0.25) is 0 Å². The standard InChI is InChI=1S/C19H21N3O3S/c1-20-17-11-10-15(13-18(17)21(2)19(20)23)26(24,25)22-12-6-5-8-14-7-3-4-9-16(14)22/h3-4,7,9-11,13H,5-6,8,12H2,1-2H3. The molecule has 1 aliphatic rings. The van der Waals surface area contributed by atoms with Gasteiger partial charge < -0.3 is 0 Å². The van der Waals surface area contributed by atoms with Crippen LogP contribution >= 0.6 is 0 Å². The van der Waals surface area contributed by atoms with Crippen molar-refractivity contribution < 1.29 is 8.42 Å². The first-order valence-corrected chi connectivity index (χ1v) is 10.1. The molecule has 0 fully saturated rings. The Kier molecular flexibility index (Phi) is 3.91. The van der Waals surface area contributed by atoms with Crippen molar-refractivity contribution in [1.29, 1.82) is 0 Å². The number of sulfonamides is 1. The Morgan fingerprint density at radius 1 is 0.923 bits per heavy atom. The zero-order chi connectivity index (χ0) is 18.5. The van der Waals surface area contributed by atoms with E-state index in [0.717, 1.165) is 30.5 Å². The van der Waals surface area contributed by atoms with Crippen molar-refractivity contribution in [3.8, 4) is 0 Å². The fourth-order valence-corrected chi connectivity index (χ4v) is 5.24. The monoisotopic (exact) mass is 371 g/mol. The number of para-hydroxylation sites is 1. The molecular formula is C19H21N3O3S. The van der Waals surface area contributed by atoms with Gasteiger partial charge in [-0.25, -0.2) is 13.2 Å².